The monoisotopic (exact) mass is 264 g/mol. The molecule has 1 aromatic heterocycles. The van der Waals surface area contributed by atoms with Gasteiger partial charge in [0, 0.05) is 25.9 Å². The first-order valence-electron chi connectivity index (χ1n) is 6.77. The summed E-state index contributed by atoms with van der Waals surface area (Å²) >= 11 is 0. The van der Waals surface area contributed by atoms with Crippen molar-refractivity contribution in [1.82, 2.24) is 4.98 Å². The minimum Gasteiger partial charge on any atom is -0.476 e. The number of piperidine rings is 1. The number of carboxylic acid groups (broad SMARTS) is 1. The molecule has 104 valence electrons. The molecular formula is C14H20N2O3. The Morgan fingerprint density at radius 3 is 3.21 bits per heavy atom. The average Bonchev–Trinajstić information content (AvgIpc) is 2.45. The van der Waals surface area contributed by atoms with Gasteiger partial charge in [-0.1, -0.05) is 6.92 Å². The minimum absolute atomic E-state index is 0.124. The highest BCUT2D eigenvalue weighted by molar-refractivity contribution is 5.92. The largest absolute Gasteiger partial charge is 0.476 e. The molecule has 1 N–H and O–H groups in total. The highest BCUT2D eigenvalue weighted by Gasteiger charge is 2.24. The first kappa shape index (κ1) is 13.8. The summed E-state index contributed by atoms with van der Waals surface area (Å²) in [7, 11) is 0. The number of carboxylic acids is 1. The van der Waals surface area contributed by atoms with Gasteiger partial charge in [0.25, 0.3) is 0 Å². The van der Waals surface area contributed by atoms with Gasteiger partial charge >= 0.3 is 5.97 Å². The molecule has 19 heavy (non-hydrogen) atoms. The molecule has 5 nitrogen and oxygen atoms in total. The van der Waals surface area contributed by atoms with Gasteiger partial charge in [-0.2, -0.15) is 0 Å². The predicted molar refractivity (Wildman–Crippen MR) is 72.7 cm³/mol. The highest BCUT2D eigenvalue weighted by atomic mass is 16.5. The number of aromatic nitrogens is 1. The van der Waals surface area contributed by atoms with E-state index in [0.717, 1.165) is 39.0 Å². The Balaban J connectivity index is 2.11. The summed E-state index contributed by atoms with van der Waals surface area (Å²) in [6, 6.07) is 3.59. The number of pyridine rings is 1. The van der Waals surface area contributed by atoms with Gasteiger partial charge in [-0.3, -0.25) is 0 Å². The van der Waals surface area contributed by atoms with Crippen LogP contribution in [0, 0.1) is 0 Å². The number of anilines is 1. The predicted octanol–water partition coefficient (Wildman–Crippen LogP) is 2.18. The lowest BCUT2D eigenvalue weighted by molar-refractivity contribution is 0.0438. The van der Waals surface area contributed by atoms with Crippen LogP contribution < -0.4 is 4.90 Å². The van der Waals surface area contributed by atoms with E-state index in [1.807, 2.05) is 6.07 Å². The van der Waals surface area contributed by atoms with Gasteiger partial charge in [0.1, 0.15) is 0 Å². The lowest BCUT2D eigenvalue weighted by Gasteiger charge is -2.34. The molecule has 0 radical (unpaired) electrons. The standard InChI is InChI=1S/C14H20N2O3/c1-2-9-19-11-5-4-8-16(10-11)12-6-3-7-15-13(12)14(17)18/h3,6-7,11H,2,4-5,8-10H2,1H3,(H,17,18). The molecule has 0 saturated carbocycles. The van der Waals surface area contributed by atoms with Crippen LogP contribution in [0.2, 0.25) is 0 Å². The SMILES string of the molecule is CCCOC1CCCN(c2cccnc2C(=O)O)C1. The van der Waals surface area contributed by atoms with Gasteiger partial charge in [0.15, 0.2) is 5.69 Å². The molecule has 1 aliphatic heterocycles. The second kappa shape index (κ2) is 6.52. The van der Waals surface area contributed by atoms with Crippen LogP contribution in [-0.2, 0) is 4.74 Å². The third kappa shape index (κ3) is 3.44. The molecule has 1 saturated heterocycles. The molecule has 1 atom stereocenters. The van der Waals surface area contributed by atoms with Crippen LogP contribution in [0.4, 0.5) is 5.69 Å². The van der Waals surface area contributed by atoms with E-state index in [1.165, 1.54) is 6.20 Å². The summed E-state index contributed by atoms with van der Waals surface area (Å²) in [5.41, 5.74) is 0.818. The van der Waals surface area contributed by atoms with Crippen molar-refractivity contribution < 1.29 is 14.6 Å². The molecule has 0 aromatic carbocycles. The average molecular weight is 264 g/mol. The Labute approximate surface area is 113 Å². The van der Waals surface area contributed by atoms with Crippen molar-refractivity contribution in [2.24, 2.45) is 0 Å². The van der Waals surface area contributed by atoms with E-state index in [-0.39, 0.29) is 11.8 Å². The summed E-state index contributed by atoms with van der Waals surface area (Å²) in [5.74, 6) is -0.979. The van der Waals surface area contributed by atoms with Gasteiger partial charge < -0.3 is 14.7 Å². The lowest BCUT2D eigenvalue weighted by Crippen LogP contribution is -2.40. The zero-order valence-corrected chi connectivity index (χ0v) is 11.2. The molecule has 2 rings (SSSR count). The van der Waals surface area contributed by atoms with Crippen molar-refractivity contribution in [2.45, 2.75) is 32.3 Å². The van der Waals surface area contributed by atoms with Crippen molar-refractivity contribution in [2.75, 3.05) is 24.6 Å². The summed E-state index contributed by atoms with van der Waals surface area (Å²) < 4.78 is 5.77. The maximum absolute atomic E-state index is 11.2. The van der Waals surface area contributed by atoms with Crippen LogP contribution in [0.1, 0.15) is 36.7 Å². The first-order chi connectivity index (χ1) is 9.22. The van der Waals surface area contributed by atoms with Crippen molar-refractivity contribution in [3.05, 3.63) is 24.0 Å². The van der Waals surface area contributed by atoms with E-state index in [0.29, 0.717) is 5.69 Å². The van der Waals surface area contributed by atoms with E-state index >= 15 is 0 Å². The van der Waals surface area contributed by atoms with Crippen LogP contribution in [0.5, 0.6) is 0 Å². The van der Waals surface area contributed by atoms with Crippen molar-refractivity contribution in [3.8, 4) is 0 Å². The van der Waals surface area contributed by atoms with Gasteiger partial charge in [-0.15, -0.1) is 0 Å². The molecule has 1 aliphatic rings. The van der Waals surface area contributed by atoms with Gasteiger partial charge in [-0.05, 0) is 31.4 Å². The fraction of sp³-hybridized carbons (Fsp3) is 0.571. The molecule has 2 heterocycles. The molecule has 1 unspecified atom stereocenters. The number of rotatable bonds is 5. The van der Waals surface area contributed by atoms with E-state index in [2.05, 4.69) is 16.8 Å². The molecule has 1 aromatic rings. The van der Waals surface area contributed by atoms with E-state index in [9.17, 15) is 9.90 Å². The van der Waals surface area contributed by atoms with Crippen LogP contribution in [0.15, 0.2) is 18.3 Å². The molecule has 0 amide bonds. The summed E-state index contributed by atoms with van der Waals surface area (Å²) in [6.45, 7) is 4.45. The van der Waals surface area contributed by atoms with E-state index < -0.39 is 5.97 Å². The Morgan fingerprint density at radius 2 is 2.47 bits per heavy atom. The van der Waals surface area contributed by atoms with Crippen LogP contribution in [-0.4, -0.2) is 41.9 Å². The number of hydrogen-bond acceptors (Lipinski definition) is 4. The third-order valence-electron chi connectivity index (χ3n) is 3.27. The lowest BCUT2D eigenvalue weighted by atomic mass is 10.1. The number of nitrogens with zero attached hydrogens (tertiary/aromatic N) is 2. The Bertz CT molecular complexity index is 436. The first-order valence-corrected chi connectivity index (χ1v) is 6.77. The van der Waals surface area contributed by atoms with E-state index in [1.54, 1.807) is 6.07 Å². The number of carbonyl (C=O) groups is 1. The van der Waals surface area contributed by atoms with Crippen molar-refractivity contribution >= 4 is 11.7 Å². The minimum atomic E-state index is -0.979. The van der Waals surface area contributed by atoms with Gasteiger partial charge in [-0.25, -0.2) is 9.78 Å². The Hall–Kier alpha value is -1.62. The van der Waals surface area contributed by atoms with Crippen LogP contribution in [0.25, 0.3) is 0 Å². The second-order valence-corrected chi connectivity index (χ2v) is 4.76. The Kier molecular flexibility index (Phi) is 4.74. The van der Waals surface area contributed by atoms with E-state index in [4.69, 9.17) is 4.74 Å². The fourth-order valence-electron chi connectivity index (χ4n) is 2.39. The van der Waals surface area contributed by atoms with Crippen LogP contribution >= 0.6 is 0 Å². The molecular weight excluding hydrogens is 244 g/mol. The van der Waals surface area contributed by atoms with Crippen molar-refractivity contribution in [3.63, 3.8) is 0 Å². The quantitative estimate of drug-likeness (QED) is 0.883. The summed E-state index contributed by atoms with van der Waals surface area (Å²) in [4.78, 5) is 17.2. The topological polar surface area (TPSA) is 62.7 Å². The molecule has 5 heteroatoms. The maximum atomic E-state index is 11.2. The second-order valence-electron chi connectivity index (χ2n) is 4.76. The fourth-order valence-corrected chi connectivity index (χ4v) is 2.39. The Morgan fingerprint density at radius 1 is 1.63 bits per heavy atom. The molecule has 0 bridgehead atoms. The molecule has 0 aliphatic carbocycles. The summed E-state index contributed by atoms with van der Waals surface area (Å²) in [5, 5.41) is 9.18. The zero-order valence-electron chi connectivity index (χ0n) is 11.2. The number of aromatic carboxylic acids is 1. The highest BCUT2D eigenvalue weighted by Crippen LogP contribution is 2.23. The smallest absolute Gasteiger partial charge is 0.356 e. The maximum Gasteiger partial charge on any atom is 0.356 e. The van der Waals surface area contributed by atoms with Gasteiger partial charge in [0.2, 0.25) is 0 Å². The third-order valence-corrected chi connectivity index (χ3v) is 3.27. The normalized spacial score (nSPS) is 19.4. The zero-order chi connectivity index (χ0) is 13.7. The molecule has 0 spiro atoms. The molecule has 1 fully saturated rings. The van der Waals surface area contributed by atoms with Crippen LogP contribution in [0.3, 0.4) is 0 Å². The number of ether oxygens (including phenoxy) is 1. The number of hydrogen-bond donors (Lipinski definition) is 1. The van der Waals surface area contributed by atoms with Crippen molar-refractivity contribution in [1.29, 1.82) is 0 Å². The van der Waals surface area contributed by atoms with Gasteiger partial charge in [0.05, 0.1) is 11.8 Å². The summed E-state index contributed by atoms with van der Waals surface area (Å²) in [6.07, 6.45) is 4.77.